The molecule has 2 heterocycles. The molecule has 5 heteroatoms. The van der Waals surface area contributed by atoms with Gasteiger partial charge in [0.25, 0.3) is 0 Å². The number of nitrogens with zero attached hydrogens (tertiary/aromatic N) is 2. The number of aromatic carboxylic acids is 1. The monoisotopic (exact) mass is 204 g/mol. The predicted octanol–water partition coefficient (Wildman–Crippen LogP) is 1.74. The number of rotatable bonds is 2. The summed E-state index contributed by atoms with van der Waals surface area (Å²) in [5.74, 6) is -0.702. The molecule has 0 bridgehead atoms. The van der Waals surface area contributed by atoms with E-state index in [4.69, 9.17) is 9.63 Å². The summed E-state index contributed by atoms with van der Waals surface area (Å²) in [6.07, 6.45) is 1.61. The smallest absolute Gasteiger partial charge is 0.358 e. The zero-order chi connectivity index (χ0) is 10.8. The van der Waals surface area contributed by atoms with Gasteiger partial charge >= 0.3 is 5.97 Å². The van der Waals surface area contributed by atoms with Crippen molar-refractivity contribution in [3.63, 3.8) is 0 Å². The lowest BCUT2D eigenvalue weighted by molar-refractivity contribution is 0.0685. The second-order valence-corrected chi connectivity index (χ2v) is 3.01. The topological polar surface area (TPSA) is 76.2 Å². The van der Waals surface area contributed by atoms with Crippen molar-refractivity contribution in [2.75, 3.05) is 0 Å². The number of pyridine rings is 1. The Morgan fingerprint density at radius 1 is 1.47 bits per heavy atom. The minimum absolute atomic E-state index is 0.0735. The molecule has 0 atom stereocenters. The first-order chi connectivity index (χ1) is 7.20. The summed E-state index contributed by atoms with van der Waals surface area (Å²) in [5, 5.41) is 12.3. The lowest BCUT2D eigenvalue weighted by Crippen LogP contribution is -1.98. The SMILES string of the molecule is Cc1c(C(=O)O)noc1-c1ccccn1. The zero-order valence-corrected chi connectivity index (χ0v) is 7.97. The van der Waals surface area contributed by atoms with Crippen molar-refractivity contribution < 1.29 is 14.4 Å². The third-order valence-corrected chi connectivity index (χ3v) is 2.02. The molecule has 2 rings (SSSR count). The number of carbonyl (C=O) groups is 1. The fraction of sp³-hybridized carbons (Fsp3) is 0.100. The van der Waals surface area contributed by atoms with Gasteiger partial charge in [-0.05, 0) is 19.1 Å². The Morgan fingerprint density at radius 3 is 2.80 bits per heavy atom. The van der Waals surface area contributed by atoms with Crippen LogP contribution in [0.2, 0.25) is 0 Å². The Morgan fingerprint density at radius 2 is 2.27 bits per heavy atom. The van der Waals surface area contributed by atoms with Crippen LogP contribution in [0.1, 0.15) is 16.1 Å². The molecule has 0 unspecified atom stereocenters. The Bertz CT molecular complexity index is 491. The molecule has 76 valence electrons. The molecule has 1 N–H and O–H groups in total. The summed E-state index contributed by atoms with van der Waals surface area (Å²) in [4.78, 5) is 14.8. The van der Waals surface area contributed by atoms with Gasteiger partial charge in [0.2, 0.25) is 0 Å². The molecule has 5 nitrogen and oxygen atoms in total. The molecule has 0 saturated heterocycles. The van der Waals surface area contributed by atoms with Crippen LogP contribution < -0.4 is 0 Å². The minimum Gasteiger partial charge on any atom is -0.476 e. The highest BCUT2D eigenvalue weighted by atomic mass is 16.5. The van der Waals surface area contributed by atoms with Crippen molar-refractivity contribution in [1.29, 1.82) is 0 Å². The van der Waals surface area contributed by atoms with Crippen LogP contribution in [0, 0.1) is 6.92 Å². The number of aromatic nitrogens is 2. The molecule has 2 aromatic rings. The third-order valence-electron chi connectivity index (χ3n) is 2.02. The quantitative estimate of drug-likeness (QED) is 0.806. The normalized spacial score (nSPS) is 10.2. The Balaban J connectivity index is 2.52. The van der Waals surface area contributed by atoms with Gasteiger partial charge in [0.1, 0.15) is 5.69 Å². The molecule has 0 radical (unpaired) electrons. The summed E-state index contributed by atoms with van der Waals surface area (Å²) in [6, 6.07) is 5.30. The first-order valence-electron chi connectivity index (χ1n) is 4.31. The molecule has 0 aliphatic heterocycles. The molecule has 0 saturated carbocycles. The lowest BCUT2D eigenvalue weighted by atomic mass is 10.1. The third kappa shape index (κ3) is 1.59. The average Bonchev–Trinajstić information content (AvgIpc) is 2.61. The summed E-state index contributed by atoms with van der Waals surface area (Å²) in [5.41, 5.74) is 0.992. The van der Waals surface area contributed by atoms with E-state index < -0.39 is 5.97 Å². The molecule has 2 aromatic heterocycles. The van der Waals surface area contributed by atoms with Crippen LogP contribution in [0.15, 0.2) is 28.9 Å². The van der Waals surface area contributed by atoms with Gasteiger partial charge in [0.05, 0.1) is 0 Å². The van der Waals surface area contributed by atoms with Gasteiger partial charge in [0, 0.05) is 11.8 Å². The van der Waals surface area contributed by atoms with E-state index in [9.17, 15) is 4.79 Å². The van der Waals surface area contributed by atoms with E-state index in [-0.39, 0.29) is 5.69 Å². The molecule has 15 heavy (non-hydrogen) atoms. The fourth-order valence-corrected chi connectivity index (χ4v) is 1.27. The molecule has 0 spiro atoms. The first kappa shape index (κ1) is 9.39. The van der Waals surface area contributed by atoms with Crippen LogP contribution in [-0.4, -0.2) is 21.2 Å². The van der Waals surface area contributed by atoms with Crippen molar-refractivity contribution in [2.45, 2.75) is 6.92 Å². The maximum absolute atomic E-state index is 10.7. The molecule has 0 aromatic carbocycles. The largest absolute Gasteiger partial charge is 0.476 e. The van der Waals surface area contributed by atoms with Crippen LogP contribution in [-0.2, 0) is 0 Å². The van der Waals surface area contributed by atoms with Crippen molar-refractivity contribution >= 4 is 5.97 Å². The van der Waals surface area contributed by atoms with Gasteiger partial charge in [-0.25, -0.2) is 4.79 Å². The molecular formula is C10H8N2O3. The maximum atomic E-state index is 10.7. The van der Waals surface area contributed by atoms with Gasteiger partial charge in [-0.15, -0.1) is 0 Å². The minimum atomic E-state index is -1.10. The van der Waals surface area contributed by atoms with E-state index in [1.165, 1.54) is 0 Å². The van der Waals surface area contributed by atoms with Crippen LogP contribution in [0.4, 0.5) is 0 Å². The maximum Gasteiger partial charge on any atom is 0.358 e. The first-order valence-corrected chi connectivity index (χ1v) is 4.31. The van der Waals surface area contributed by atoms with Gasteiger partial charge in [0.15, 0.2) is 11.5 Å². The van der Waals surface area contributed by atoms with Crippen molar-refractivity contribution in [3.05, 3.63) is 35.7 Å². The second-order valence-electron chi connectivity index (χ2n) is 3.01. The molecule has 0 fully saturated rings. The van der Waals surface area contributed by atoms with E-state index in [1.54, 1.807) is 31.3 Å². The second kappa shape index (κ2) is 3.53. The fourth-order valence-electron chi connectivity index (χ4n) is 1.27. The van der Waals surface area contributed by atoms with E-state index in [1.807, 2.05) is 0 Å². The van der Waals surface area contributed by atoms with Gasteiger partial charge in [-0.2, -0.15) is 0 Å². The van der Waals surface area contributed by atoms with Crippen molar-refractivity contribution in [3.8, 4) is 11.5 Å². The summed E-state index contributed by atoms with van der Waals surface area (Å²) in [6.45, 7) is 1.64. The van der Waals surface area contributed by atoms with Crippen LogP contribution in [0.3, 0.4) is 0 Å². The zero-order valence-electron chi connectivity index (χ0n) is 7.97. The number of hydrogen-bond acceptors (Lipinski definition) is 4. The highest BCUT2D eigenvalue weighted by Gasteiger charge is 2.19. The molecule has 0 amide bonds. The summed E-state index contributed by atoms with van der Waals surface area (Å²) < 4.78 is 4.95. The van der Waals surface area contributed by atoms with E-state index in [2.05, 4.69) is 10.1 Å². The number of carboxylic acid groups (broad SMARTS) is 1. The van der Waals surface area contributed by atoms with Gasteiger partial charge in [-0.3, -0.25) is 4.98 Å². The number of hydrogen-bond donors (Lipinski definition) is 1. The molecular weight excluding hydrogens is 196 g/mol. The highest BCUT2D eigenvalue weighted by molar-refractivity contribution is 5.88. The van der Waals surface area contributed by atoms with Crippen LogP contribution in [0.5, 0.6) is 0 Å². The average molecular weight is 204 g/mol. The highest BCUT2D eigenvalue weighted by Crippen LogP contribution is 2.23. The van der Waals surface area contributed by atoms with Crippen LogP contribution >= 0.6 is 0 Å². The number of carboxylic acids is 1. The Labute approximate surface area is 85.4 Å². The predicted molar refractivity (Wildman–Crippen MR) is 51.4 cm³/mol. The van der Waals surface area contributed by atoms with Gasteiger partial charge < -0.3 is 9.63 Å². The summed E-state index contributed by atoms with van der Waals surface area (Å²) in [7, 11) is 0. The van der Waals surface area contributed by atoms with Crippen molar-refractivity contribution in [2.24, 2.45) is 0 Å². The van der Waals surface area contributed by atoms with E-state index in [0.29, 0.717) is 17.0 Å². The van der Waals surface area contributed by atoms with Crippen LogP contribution in [0.25, 0.3) is 11.5 Å². The molecule has 0 aliphatic carbocycles. The standard InChI is InChI=1S/C10H8N2O3/c1-6-8(10(13)14)12-15-9(6)7-4-2-3-5-11-7/h2-5H,1H3,(H,13,14). The van der Waals surface area contributed by atoms with Crippen molar-refractivity contribution in [1.82, 2.24) is 10.1 Å². The Kier molecular flexibility index (Phi) is 2.21. The van der Waals surface area contributed by atoms with E-state index in [0.717, 1.165) is 0 Å². The Hall–Kier alpha value is -2.17. The molecule has 0 aliphatic rings. The summed E-state index contributed by atoms with van der Waals surface area (Å²) >= 11 is 0. The van der Waals surface area contributed by atoms with E-state index >= 15 is 0 Å². The van der Waals surface area contributed by atoms with Gasteiger partial charge in [-0.1, -0.05) is 11.2 Å². The lowest BCUT2D eigenvalue weighted by Gasteiger charge is -1.94.